The molecule has 0 aliphatic carbocycles. The van der Waals surface area contributed by atoms with Gasteiger partial charge in [0.2, 0.25) is 11.8 Å². The molecule has 2 amide bonds. The van der Waals surface area contributed by atoms with Crippen molar-refractivity contribution < 1.29 is 14.4 Å². The predicted molar refractivity (Wildman–Crippen MR) is 80.0 cm³/mol. The molecule has 0 N–H and O–H groups in total. The number of carbonyl (C=O) groups excluding carboxylic acids is 3. The zero-order valence-corrected chi connectivity index (χ0v) is 13.2. The normalized spacial score (nSPS) is 17.1. The summed E-state index contributed by atoms with van der Waals surface area (Å²) in [4.78, 5) is 39.0. The van der Waals surface area contributed by atoms with Crippen LogP contribution < -0.4 is 0 Å². The van der Waals surface area contributed by atoms with Crippen molar-refractivity contribution in [2.45, 2.75) is 46.5 Å². The van der Waals surface area contributed by atoms with E-state index >= 15 is 0 Å². The molecule has 0 atom stereocenters. The fraction of sp³-hybridized carbons (Fsp3) is 0.714. The molecule has 0 unspecified atom stereocenters. The standard InChI is InChI=1S/C14H22N2O3S/c1-4-6-8-15-12(18)11(10(3)17)13(19)16(14(15)20)9-7-5-2/h11H,4-9H2,1-3H3. The third-order valence-corrected chi connectivity index (χ3v) is 3.81. The Morgan fingerprint density at radius 3 is 1.75 bits per heavy atom. The largest absolute Gasteiger partial charge is 0.299 e. The van der Waals surface area contributed by atoms with Crippen molar-refractivity contribution in [3.05, 3.63) is 0 Å². The molecule has 0 aromatic rings. The van der Waals surface area contributed by atoms with Gasteiger partial charge in [0.1, 0.15) is 0 Å². The van der Waals surface area contributed by atoms with Gasteiger partial charge < -0.3 is 0 Å². The average Bonchev–Trinajstić information content (AvgIpc) is 2.38. The first-order valence-electron chi connectivity index (χ1n) is 7.12. The Labute approximate surface area is 125 Å². The van der Waals surface area contributed by atoms with Gasteiger partial charge in [0.15, 0.2) is 16.8 Å². The van der Waals surface area contributed by atoms with E-state index in [1.165, 1.54) is 16.7 Å². The number of unbranched alkanes of at least 4 members (excludes halogenated alkanes) is 2. The van der Waals surface area contributed by atoms with Crippen LogP contribution in [0.4, 0.5) is 0 Å². The molecule has 1 saturated heterocycles. The van der Waals surface area contributed by atoms with Crippen LogP contribution in [-0.2, 0) is 14.4 Å². The third-order valence-electron chi connectivity index (χ3n) is 3.36. The maximum atomic E-state index is 12.3. The fourth-order valence-electron chi connectivity index (χ4n) is 2.14. The van der Waals surface area contributed by atoms with Crippen molar-refractivity contribution >= 4 is 34.9 Å². The second-order valence-corrected chi connectivity index (χ2v) is 5.38. The molecule has 0 bridgehead atoms. The molecule has 112 valence electrons. The number of thiocarbonyl (C=S) groups is 1. The summed E-state index contributed by atoms with van der Waals surface area (Å²) in [6.07, 6.45) is 3.43. The van der Waals surface area contributed by atoms with Crippen LogP contribution in [0.15, 0.2) is 0 Å². The van der Waals surface area contributed by atoms with Gasteiger partial charge in [-0.3, -0.25) is 24.2 Å². The molecule has 6 heteroatoms. The van der Waals surface area contributed by atoms with E-state index in [0.29, 0.717) is 13.1 Å². The molecule has 0 radical (unpaired) electrons. The van der Waals surface area contributed by atoms with E-state index in [-0.39, 0.29) is 5.11 Å². The molecule has 0 aromatic heterocycles. The van der Waals surface area contributed by atoms with Gasteiger partial charge in [-0.05, 0) is 32.0 Å². The summed E-state index contributed by atoms with van der Waals surface area (Å²) in [6, 6.07) is 0. The number of nitrogens with zero attached hydrogens (tertiary/aromatic N) is 2. The van der Waals surface area contributed by atoms with Gasteiger partial charge in [-0.1, -0.05) is 26.7 Å². The maximum absolute atomic E-state index is 12.3. The molecule has 1 rings (SSSR count). The summed E-state index contributed by atoms with van der Waals surface area (Å²) in [5.41, 5.74) is 0. The fourth-order valence-corrected chi connectivity index (χ4v) is 2.51. The summed E-state index contributed by atoms with van der Waals surface area (Å²) in [6.45, 7) is 6.24. The number of hydrogen-bond acceptors (Lipinski definition) is 4. The lowest BCUT2D eigenvalue weighted by Crippen LogP contribution is -2.61. The molecule has 1 aliphatic heterocycles. The van der Waals surface area contributed by atoms with E-state index < -0.39 is 23.5 Å². The molecular weight excluding hydrogens is 276 g/mol. The lowest BCUT2D eigenvalue weighted by molar-refractivity contribution is -0.150. The monoisotopic (exact) mass is 298 g/mol. The number of Topliss-reactive ketones (excluding diaryl/α,β-unsaturated/α-hetero) is 1. The van der Waals surface area contributed by atoms with Gasteiger partial charge in [0.05, 0.1) is 0 Å². The number of amides is 2. The van der Waals surface area contributed by atoms with Gasteiger partial charge in [-0.15, -0.1) is 0 Å². The third kappa shape index (κ3) is 3.42. The van der Waals surface area contributed by atoms with Crippen molar-refractivity contribution in [2.24, 2.45) is 5.92 Å². The zero-order chi connectivity index (χ0) is 15.3. The molecule has 0 spiro atoms. The summed E-state index contributed by atoms with van der Waals surface area (Å²) in [7, 11) is 0. The van der Waals surface area contributed by atoms with E-state index in [1.807, 2.05) is 13.8 Å². The Morgan fingerprint density at radius 2 is 1.45 bits per heavy atom. The second kappa shape index (κ2) is 7.47. The van der Waals surface area contributed by atoms with Crippen molar-refractivity contribution in [1.82, 2.24) is 9.80 Å². The van der Waals surface area contributed by atoms with E-state index in [4.69, 9.17) is 12.2 Å². The summed E-state index contributed by atoms with van der Waals surface area (Å²) >= 11 is 5.27. The minimum absolute atomic E-state index is 0.249. The van der Waals surface area contributed by atoms with Gasteiger partial charge in [0, 0.05) is 13.1 Å². The lowest BCUT2D eigenvalue weighted by Gasteiger charge is -2.38. The van der Waals surface area contributed by atoms with Crippen molar-refractivity contribution in [2.75, 3.05) is 13.1 Å². The minimum Gasteiger partial charge on any atom is -0.299 e. The smallest absolute Gasteiger partial charge is 0.248 e. The first kappa shape index (κ1) is 16.8. The van der Waals surface area contributed by atoms with Crippen molar-refractivity contribution in [3.8, 4) is 0 Å². The average molecular weight is 298 g/mol. The van der Waals surface area contributed by atoms with Gasteiger partial charge in [0.25, 0.3) is 0 Å². The summed E-state index contributed by atoms with van der Waals surface area (Å²) in [5.74, 6) is -2.55. The van der Waals surface area contributed by atoms with Crippen LogP contribution in [-0.4, -0.2) is 45.6 Å². The second-order valence-electron chi connectivity index (χ2n) is 5.01. The Kier molecular flexibility index (Phi) is 6.26. The van der Waals surface area contributed by atoms with E-state index in [9.17, 15) is 14.4 Å². The number of hydrogen-bond donors (Lipinski definition) is 0. The van der Waals surface area contributed by atoms with Crippen molar-refractivity contribution in [1.29, 1.82) is 0 Å². The quantitative estimate of drug-likeness (QED) is 0.531. The van der Waals surface area contributed by atoms with Gasteiger partial charge in [-0.2, -0.15) is 0 Å². The molecule has 5 nitrogen and oxygen atoms in total. The molecule has 1 aliphatic rings. The van der Waals surface area contributed by atoms with Crippen LogP contribution >= 0.6 is 12.2 Å². The molecule has 1 fully saturated rings. The molecule has 0 saturated carbocycles. The van der Waals surface area contributed by atoms with Crippen LogP contribution in [0.1, 0.15) is 46.5 Å². The Balaban J connectivity index is 3.01. The zero-order valence-electron chi connectivity index (χ0n) is 12.3. The highest BCUT2D eigenvalue weighted by molar-refractivity contribution is 7.80. The highest BCUT2D eigenvalue weighted by Gasteiger charge is 2.45. The molecule has 1 heterocycles. The van der Waals surface area contributed by atoms with Crippen molar-refractivity contribution in [3.63, 3.8) is 0 Å². The maximum Gasteiger partial charge on any atom is 0.248 e. The SMILES string of the molecule is CCCCN1C(=O)C(C(C)=O)C(=O)N(CCCC)C1=S. The molecule has 20 heavy (non-hydrogen) atoms. The lowest BCUT2D eigenvalue weighted by atomic mass is 9.99. The molecular formula is C14H22N2O3S. The number of rotatable bonds is 7. The highest BCUT2D eigenvalue weighted by atomic mass is 32.1. The van der Waals surface area contributed by atoms with Crippen LogP contribution in [0.3, 0.4) is 0 Å². The van der Waals surface area contributed by atoms with Crippen LogP contribution in [0.2, 0.25) is 0 Å². The number of ketones is 1. The van der Waals surface area contributed by atoms with Gasteiger partial charge >= 0.3 is 0 Å². The minimum atomic E-state index is -1.21. The van der Waals surface area contributed by atoms with Crippen LogP contribution in [0.25, 0.3) is 0 Å². The van der Waals surface area contributed by atoms with Crippen LogP contribution in [0, 0.1) is 5.92 Å². The molecule has 0 aromatic carbocycles. The highest BCUT2D eigenvalue weighted by Crippen LogP contribution is 2.20. The van der Waals surface area contributed by atoms with E-state index in [0.717, 1.165) is 25.7 Å². The topological polar surface area (TPSA) is 57.7 Å². The van der Waals surface area contributed by atoms with Crippen LogP contribution in [0.5, 0.6) is 0 Å². The summed E-state index contributed by atoms with van der Waals surface area (Å²) in [5, 5.41) is 0.249. The first-order chi connectivity index (χ1) is 9.45. The number of carbonyl (C=O) groups is 3. The first-order valence-corrected chi connectivity index (χ1v) is 7.53. The van der Waals surface area contributed by atoms with E-state index in [2.05, 4.69) is 0 Å². The summed E-state index contributed by atoms with van der Waals surface area (Å²) < 4.78 is 0. The predicted octanol–water partition coefficient (Wildman–Crippen LogP) is 1.75. The Bertz CT molecular complexity index is 393. The van der Waals surface area contributed by atoms with Gasteiger partial charge in [-0.25, -0.2) is 0 Å². The van der Waals surface area contributed by atoms with E-state index in [1.54, 1.807) is 0 Å². The Hall–Kier alpha value is -1.30. The Morgan fingerprint density at radius 1 is 1.05 bits per heavy atom.